The molecule has 0 amide bonds. The lowest BCUT2D eigenvalue weighted by Crippen LogP contribution is -1.93. The van der Waals surface area contributed by atoms with Crippen molar-refractivity contribution in [3.63, 3.8) is 0 Å². The predicted octanol–water partition coefficient (Wildman–Crippen LogP) is 1.66. The van der Waals surface area contributed by atoms with Crippen LogP contribution in [0, 0.1) is 0 Å². The number of aliphatic imine (C=N–C) groups is 1. The van der Waals surface area contributed by atoms with Crippen molar-refractivity contribution in [1.82, 2.24) is 0 Å². The standard InChI is InChI=1S/C8H9NO/c1-7-4-3-5-8(10-2)9-6-7/h4-6H,1-2H3. The second kappa shape index (κ2) is 3.04. The highest BCUT2D eigenvalue weighted by Crippen LogP contribution is 1.98. The van der Waals surface area contributed by atoms with E-state index in [-0.39, 0.29) is 0 Å². The van der Waals surface area contributed by atoms with Gasteiger partial charge in [-0.15, -0.1) is 5.73 Å². The van der Waals surface area contributed by atoms with Gasteiger partial charge in [-0.3, -0.25) is 0 Å². The third kappa shape index (κ3) is 1.61. The quantitative estimate of drug-likeness (QED) is 0.463. The van der Waals surface area contributed by atoms with Crippen LogP contribution in [0.5, 0.6) is 0 Å². The van der Waals surface area contributed by atoms with Crippen LogP contribution < -0.4 is 0 Å². The number of hydrogen-bond acceptors (Lipinski definition) is 2. The van der Waals surface area contributed by atoms with Gasteiger partial charge in [-0.05, 0) is 18.6 Å². The highest BCUT2D eigenvalue weighted by atomic mass is 16.5. The van der Waals surface area contributed by atoms with Gasteiger partial charge in [0.1, 0.15) is 0 Å². The smallest absolute Gasteiger partial charge is 0.220 e. The monoisotopic (exact) mass is 135 g/mol. The summed E-state index contributed by atoms with van der Waals surface area (Å²) in [5, 5.41) is 0. The van der Waals surface area contributed by atoms with Gasteiger partial charge in [0, 0.05) is 12.3 Å². The zero-order chi connectivity index (χ0) is 7.40. The lowest BCUT2D eigenvalue weighted by molar-refractivity contribution is 0.407. The second-order valence-corrected chi connectivity index (χ2v) is 2.00. The molecule has 10 heavy (non-hydrogen) atoms. The Kier molecular flexibility index (Phi) is 2.08. The molecule has 1 rings (SSSR count). The number of nitrogens with zero attached hydrogens (tertiary/aromatic N) is 1. The summed E-state index contributed by atoms with van der Waals surface area (Å²) in [5.74, 6) is 0.591. The molecule has 0 aromatic rings. The summed E-state index contributed by atoms with van der Waals surface area (Å²) in [6, 6.07) is 0. The molecule has 0 radical (unpaired) electrons. The summed E-state index contributed by atoms with van der Waals surface area (Å²) in [7, 11) is 1.59. The molecule has 0 N–H and O–H groups in total. The molecular formula is C8H9NO. The summed E-state index contributed by atoms with van der Waals surface area (Å²) in [4.78, 5) is 4.01. The van der Waals surface area contributed by atoms with Crippen molar-refractivity contribution >= 4 is 5.90 Å². The molecule has 0 bridgehead atoms. The molecule has 0 aromatic heterocycles. The second-order valence-electron chi connectivity index (χ2n) is 2.00. The molecule has 0 spiro atoms. The summed E-state index contributed by atoms with van der Waals surface area (Å²) in [5.41, 5.74) is 4.00. The summed E-state index contributed by atoms with van der Waals surface area (Å²) >= 11 is 0. The van der Waals surface area contributed by atoms with E-state index < -0.39 is 0 Å². The average Bonchev–Trinajstić information content (AvgIpc) is 2.14. The molecule has 1 aliphatic heterocycles. The van der Waals surface area contributed by atoms with Gasteiger partial charge in [-0.2, -0.15) is 0 Å². The van der Waals surface area contributed by atoms with E-state index in [1.54, 1.807) is 19.4 Å². The molecule has 0 aromatic carbocycles. The van der Waals surface area contributed by atoms with Crippen LogP contribution in [0.3, 0.4) is 0 Å². The Bertz CT molecular complexity index is 242. The molecule has 0 unspecified atom stereocenters. The van der Waals surface area contributed by atoms with Crippen molar-refractivity contribution in [2.75, 3.05) is 7.11 Å². The first-order valence-electron chi connectivity index (χ1n) is 3.04. The molecule has 1 aliphatic rings. The van der Waals surface area contributed by atoms with Crippen LogP contribution in [0.2, 0.25) is 0 Å². The highest BCUT2D eigenvalue weighted by Gasteiger charge is 1.90. The Morgan fingerprint density at radius 3 is 3.00 bits per heavy atom. The normalized spacial score (nSPS) is 15.8. The molecule has 0 atom stereocenters. The topological polar surface area (TPSA) is 21.6 Å². The summed E-state index contributed by atoms with van der Waals surface area (Å²) in [6.45, 7) is 1.96. The van der Waals surface area contributed by atoms with Crippen LogP contribution in [-0.2, 0) is 4.74 Å². The van der Waals surface area contributed by atoms with Gasteiger partial charge in [0.2, 0.25) is 5.90 Å². The maximum Gasteiger partial charge on any atom is 0.220 e. The van der Waals surface area contributed by atoms with Crippen LogP contribution in [0.4, 0.5) is 0 Å². The molecular weight excluding hydrogens is 126 g/mol. The molecule has 1 heterocycles. The molecule has 0 fully saturated rings. The number of rotatable bonds is 0. The molecule has 52 valence electrons. The van der Waals surface area contributed by atoms with Crippen molar-refractivity contribution in [2.45, 2.75) is 6.92 Å². The van der Waals surface area contributed by atoms with E-state index in [2.05, 4.69) is 10.7 Å². The molecule has 0 saturated carbocycles. The Balaban J connectivity index is 2.91. The van der Waals surface area contributed by atoms with E-state index in [0.29, 0.717) is 5.90 Å². The SMILES string of the molecule is COC1=NC=C(C)C=C=C1. The van der Waals surface area contributed by atoms with Crippen molar-refractivity contribution < 1.29 is 4.74 Å². The average molecular weight is 135 g/mol. The zero-order valence-corrected chi connectivity index (χ0v) is 6.09. The molecule has 0 aliphatic carbocycles. The van der Waals surface area contributed by atoms with Crippen LogP contribution in [-0.4, -0.2) is 13.0 Å². The van der Waals surface area contributed by atoms with E-state index in [1.165, 1.54) is 0 Å². The van der Waals surface area contributed by atoms with Gasteiger partial charge in [0.05, 0.1) is 7.11 Å². The number of hydrogen-bond donors (Lipinski definition) is 0. The minimum absolute atomic E-state index is 0.591. The lowest BCUT2D eigenvalue weighted by atomic mass is 10.3. The Labute approximate surface area is 60.2 Å². The molecule has 0 saturated heterocycles. The summed E-state index contributed by atoms with van der Waals surface area (Å²) < 4.78 is 4.89. The van der Waals surface area contributed by atoms with Gasteiger partial charge in [-0.25, -0.2) is 4.99 Å². The number of allylic oxidation sites excluding steroid dienone is 1. The van der Waals surface area contributed by atoms with Crippen LogP contribution in [0.25, 0.3) is 0 Å². The largest absolute Gasteiger partial charge is 0.481 e. The third-order valence-corrected chi connectivity index (χ3v) is 1.12. The van der Waals surface area contributed by atoms with E-state index in [4.69, 9.17) is 4.74 Å². The first-order valence-corrected chi connectivity index (χ1v) is 3.04. The predicted molar refractivity (Wildman–Crippen MR) is 40.9 cm³/mol. The van der Waals surface area contributed by atoms with E-state index in [1.807, 2.05) is 13.0 Å². The van der Waals surface area contributed by atoms with Crippen molar-refractivity contribution in [2.24, 2.45) is 4.99 Å². The minimum Gasteiger partial charge on any atom is -0.481 e. The van der Waals surface area contributed by atoms with Crippen LogP contribution >= 0.6 is 0 Å². The lowest BCUT2D eigenvalue weighted by Gasteiger charge is -1.92. The van der Waals surface area contributed by atoms with Gasteiger partial charge >= 0.3 is 0 Å². The Hall–Kier alpha value is -1.27. The van der Waals surface area contributed by atoms with E-state index in [0.717, 1.165) is 5.57 Å². The van der Waals surface area contributed by atoms with Crippen molar-refractivity contribution in [1.29, 1.82) is 0 Å². The highest BCUT2D eigenvalue weighted by molar-refractivity contribution is 5.88. The Morgan fingerprint density at radius 2 is 2.30 bits per heavy atom. The Morgan fingerprint density at radius 1 is 1.50 bits per heavy atom. The molecule has 2 nitrogen and oxygen atoms in total. The van der Waals surface area contributed by atoms with Crippen molar-refractivity contribution in [3.8, 4) is 0 Å². The fourth-order valence-electron chi connectivity index (χ4n) is 0.596. The van der Waals surface area contributed by atoms with Gasteiger partial charge in [0.25, 0.3) is 0 Å². The number of ether oxygens (including phenoxy) is 1. The third-order valence-electron chi connectivity index (χ3n) is 1.12. The maximum absolute atomic E-state index is 4.89. The van der Waals surface area contributed by atoms with Crippen LogP contribution in [0.15, 0.2) is 34.6 Å². The fourth-order valence-corrected chi connectivity index (χ4v) is 0.596. The van der Waals surface area contributed by atoms with Crippen LogP contribution in [0.1, 0.15) is 6.92 Å². The van der Waals surface area contributed by atoms with Gasteiger partial charge in [-0.1, -0.05) is 0 Å². The molecule has 2 heteroatoms. The minimum atomic E-state index is 0.591. The zero-order valence-electron chi connectivity index (χ0n) is 6.09. The van der Waals surface area contributed by atoms with E-state index >= 15 is 0 Å². The first kappa shape index (κ1) is 6.84. The van der Waals surface area contributed by atoms with Gasteiger partial charge < -0.3 is 4.74 Å². The summed E-state index contributed by atoms with van der Waals surface area (Å²) in [6.07, 6.45) is 5.30. The van der Waals surface area contributed by atoms with Gasteiger partial charge in [0.15, 0.2) is 0 Å². The van der Waals surface area contributed by atoms with Crippen molar-refractivity contribution in [3.05, 3.63) is 29.7 Å². The van der Waals surface area contributed by atoms with E-state index in [9.17, 15) is 0 Å². The fraction of sp³-hybridized carbons (Fsp3) is 0.250. The first-order chi connectivity index (χ1) is 4.83. The number of methoxy groups -OCH3 is 1. The maximum atomic E-state index is 4.89.